The maximum absolute atomic E-state index is 6.15. The molecule has 0 amide bonds. The van der Waals surface area contributed by atoms with E-state index in [0.717, 1.165) is 22.8 Å². The van der Waals surface area contributed by atoms with Gasteiger partial charge in [-0.1, -0.05) is 29.8 Å². The van der Waals surface area contributed by atoms with Crippen LogP contribution in [0, 0.1) is 6.92 Å². The van der Waals surface area contributed by atoms with Crippen molar-refractivity contribution in [2.24, 2.45) is 0 Å². The minimum Gasteiger partial charge on any atom is -0.351 e. The molecule has 4 nitrogen and oxygen atoms in total. The summed E-state index contributed by atoms with van der Waals surface area (Å²) in [5.41, 5.74) is 5.40. The van der Waals surface area contributed by atoms with Crippen molar-refractivity contribution in [3.05, 3.63) is 113 Å². The third-order valence-corrected chi connectivity index (χ3v) is 6.13. The summed E-state index contributed by atoms with van der Waals surface area (Å²) < 4.78 is 2.23. The van der Waals surface area contributed by atoms with Gasteiger partial charge in [0.1, 0.15) is 6.04 Å². The quantitative estimate of drug-likeness (QED) is 0.391. The van der Waals surface area contributed by atoms with Crippen molar-refractivity contribution < 1.29 is 0 Å². The van der Waals surface area contributed by atoms with Crippen molar-refractivity contribution in [1.82, 2.24) is 14.9 Å². The zero-order chi connectivity index (χ0) is 21.4. The minimum absolute atomic E-state index is 0.0842. The molecule has 1 fully saturated rings. The monoisotopic (exact) mass is 444 g/mol. The molecule has 0 aliphatic carbocycles. The van der Waals surface area contributed by atoms with Gasteiger partial charge in [-0.2, -0.15) is 0 Å². The topological polar surface area (TPSA) is 33.1 Å². The molecule has 154 valence electrons. The Kier molecular flexibility index (Phi) is 5.22. The highest BCUT2D eigenvalue weighted by molar-refractivity contribution is 7.80. The first-order valence-corrected chi connectivity index (χ1v) is 10.9. The first kappa shape index (κ1) is 19.8. The Bertz CT molecular complexity index is 1220. The molecule has 5 rings (SSSR count). The summed E-state index contributed by atoms with van der Waals surface area (Å²) in [5.74, 6) is 0. The molecular formula is C25H21ClN4S. The van der Waals surface area contributed by atoms with E-state index in [4.69, 9.17) is 23.8 Å². The van der Waals surface area contributed by atoms with Crippen LogP contribution in [0.5, 0.6) is 0 Å². The molecule has 4 aromatic rings. The third-order valence-electron chi connectivity index (χ3n) is 5.57. The lowest BCUT2D eigenvalue weighted by Crippen LogP contribution is -2.30. The van der Waals surface area contributed by atoms with Crippen LogP contribution in [0.2, 0.25) is 5.02 Å². The summed E-state index contributed by atoms with van der Waals surface area (Å²) in [7, 11) is 0. The summed E-state index contributed by atoms with van der Waals surface area (Å²) in [6.07, 6.45) is 3.92. The van der Waals surface area contributed by atoms with Gasteiger partial charge in [0.15, 0.2) is 5.11 Å². The minimum atomic E-state index is -0.0946. The van der Waals surface area contributed by atoms with Crippen molar-refractivity contribution in [3.63, 3.8) is 0 Å². The summed E-state index contributed by atoms with van der Waals surface area (Å²) in [4.78, 5) is 6.79. The van der Waals surface area contributed by atoms with Crippen molar-refractivity contribution in [3.8, 4) is 5.69 Å². The zero-order valence-corrected chi connectivity index (χ0v) is 18.5. The average Bonchev–Trinajstić information content (AvgIpc) is 3.39. The highest BCUT2D eigenvalue weighted by Gasteiger charge is 2.42. The molecule has 2 aromatic heterocycles. The van der Waals surface area contributed by atoms with Gasteiger partial charge in [-0.15, -0.1) is 0 Å². The Balaban J connectivity index is 1.67. The lowest BCUT2D eigenvalue weighted by atomic mass is 10.0. The second kappa shape index (κ2) is 8.17. The van der Waals surface area contributed by atoms with E-state index < -0.39 is 0 Å². The maximum Gasteiger partial charge on any atom is 0.174 e. The Labute approximate surface area is 192 Å². The molecule has 3 heterocycles. The molecular weight excluding hydrogens is 424 g/mol. The molecule has 1 N–H and O–H groups in total. The summed E-state index contributed by atoms with van der Waals surface area (Å²) in [6.45, 7) is 2.11. The van der Waals surface area contributed by atoms with Crippen LogP contribution in [0.4, 0.5) is 5.69 Å². The van der Waals surface area contributed by atoms with Gasteiger partial charge in [0, 0.05) is 34.5 Å². The van der Waals surface area contributed by atoms with Gasteiger partial charge in [0.25, 0.3) is 0 Å². The Morgan fingerprint density at radius 2 is 1.77 bits per heavy atom. The zero-order valence-electron chi connectivity index (χ0n) is 16.9. The fourth-order valence-electron chi connectivity index (χ4n) is 4.18. The molecule has 2 atom stereocenters. The number of anilines is 1. The highest BCUT2D eigenvalue weighted by Crippen LogP contribution is 2.42. The molecule has 2 aromatic carbocycles. The molecule has 0 unspecified atom stereocenters. The van der Waals surface area contributed by atoms with Crippen LogP contribution in [-0.2, 0) is 0 Å². The fraction of sp³-hybridized carbons (Fsp3) is 0.120. The van der Waals surface area contributed by atoms with Gasteiger partial charge >= 0.3 is 0 Å². The lowest BCUT2D eigenvalue weighted by molar-refractivity contribution is 0.549. The van der Waals surface area contributed by atoms with Crippen LogP contribution >= 0.6 is 23.8 Å². The van der Waals surface area contributed by atoms with Crippen molar-refractivity contribution in [2.45, 2.75) is 19.0 Å². The number of nitrogens with zero attached hydrogens (tertiary/aromatic N) is 3. The largest absolute Gasteiger partial charge is 0.351 e. The van der Waals surface area contributed by atoms with E-state index in [1.165, 1.54) is 5.56 Å². The second-order valence-electron chi connectivity index (χ2n) is 7.62. The molecule has 1 aliphatic heterocycles. The van der Waals surface area contributed by atoms with Gasteiger partial charge in [0.2, 0.25) is 0 Å². The van der Waals surface area contributed by atoms with E-state index in [1.54, 1.807) is 0 Å². The number of pyridine rings is 1. The second-order valence-corrected chi connectivity index (χ2v) is 8.44. The van der Waals surface area contributed by atoms with Gasteiger partial charge in [-0.05, 0) is 85.4 Å². The van der Waals surface area contributed by atoms with Crippen molar-refractivity contribution in [1.29, 1.82) is 0 Å². The van der Waals surface area contributed by atoms with Gasteiger partial charge in [0.05, 0.1) is 11.7 Å². The number of nitrogens with one attached hydrogen (secondary N) is 1. The number of benzene rings is 2. The summed E-state index contributed by atoms with van der Waals surface area (Å²) >= 11 is 12.0. The number of hydrogen-bond donors (Lipinski definition) is 1. The van der Waals surface area contributed by atoms with E-state index in [9.17, 15) is 0 Å². The average molecular weight is 445 g/mol. The smallest absolute Gasteiger partial charge is 0.174 e. The Morgan fingerprint density at radius 1 is 0.935 bits per heavy atom. The normalized spacial score (nSPS) is 18.3. The van der Waals surface area contributed by atoms with E-state index in [2.05, 4.69) is 69.3 Å². The third kappa shape index (κ3) is 3.71. The number of aryl methyl sites for hydroxylation is 1. The van der Waals surface area contributed by atoms with E-state index in [-0.39, 0.29) is 12.1 Å². The van der Waals surface area contributed by atoms with Gasteiger partial charge < -0.3 is 14.8 Å². The SMILES string of the molecule is Cc1cccc(-n2cccc2[C@H]2[C@@H](c3ccccn3)NC(=S)N2c2ccc(Cl)cc2)c1. The van der Waals surface area contributed by atoms with E-state index in [0.29, 0.717) is 10.1 Å². The molecule has 1 saturated heterocycles. The molecule has 0 radical (unpaired) electrons. The van der Waals surface area contributed by atoms with E-state index in [1.807, 2.05) is 48.7 Å². The number of thiocarbonyl (C=S) groups is 1. The molecule has 0 spiro atoms. The van der Waals surface area contributed by atoms with Crippen LogP contribution in [0.1, 0.15) is 29.0 Å². The number of hydrogen-bond acceptors (Lipinski definition) is 2. The molecule has 0 bridgehead atoms. The van der Waals surface area contributed by atoms with Crippen LogP contribution in [-0.4, -0.2) is 14.7 Å². The predicted molar refractivity (Wildman–Crippen MR) is 130 cm³/mol. The summed E-state index contributed by atoms with van der Waals surface area (Å²) in [5, 5.41) is 4.87. The maximum atomic E-state index is 6.15. The fourth-order valence-corrected chi connectivity index (χ4v) is 4.66. The van der Waals surface area contributed by atoms with Gasteiger partial charge in [-0.25, -0.2) is 0 Å². The van der Waals surface area contributed by atoms with Crippen LogP contribution in [0.25, 0.3) is 5.69 Å². The van der Waals surface area contributed by atoms with Crippen LogP contribution in [0.3, 0.4) is 0 Å². The molecule has 31 heavy (non-hydrogen) atoms. The standard InChI is InChI=1S/C25H21ClN4S/c1-17-6-4-7-20(16-17)29-15-5-9-22(29)24-23(21-8-2-3-14-27-21)28-25(31)30(24)19-12-10-18(26)11-13-19/h2-16,23-24H,1H3,(H,28,31)/t23-,24+/m1/s1. The predicted octanol–water partition coefficient (Wildman–Crippen LogP) is 6.01. The molecule has 6 heteroatoms. The first-order chi connectivity index (χ1) is 15.1. The first-order valence-electron chi connectivity index (χ1n) is 10.1. The number of rotatable bonds is 4. The van der Waals surface area contributed by atoms with Crippen molar-refractivity contribution >= 4 is 34.6 Å². The highest BCUT2D eigenvalue weighted by atomic mass is 35.5. The molecule has 0 saturated carbocycles. The Morgan fingerprint density at radius 3 is 2.52 bits per heavy atom. The lowest BCUT2D eigenvalue weighted by Gasteiger charge is -2.29. The number of aromatic nitrogens is 2. The van der Waals surface area contributed by atoms with Crippen molar-refractivity contribution in [2.75, 3.05) is 4.90 Å². The summed E-state index contributed by atoms with van der Waals surface area (Å²) in [6, 6.07) is 26.3. The van der Waals surface area contributed by atoms with Gasteiger partial charge in [-0.3, -0.25) is 4.98 Å². The van der Waals surface area contributed by atoms with E-state index >= 15 is 0 Å². The van der Waals surface area contributed by atoms with Crippen LogP contribution in [0.15, 0.2) is 91.3 Å². The number of halogens is 1. The van der Waals surface area contributed by atoms with Crippen LogP contribution < -0.4 is 10.2 Å². The Hall–Kier alpha value is -3.15. The molecule has 1 aliphatic rings.